The number of benzene rings is 2. The lowest BCUT2D eigenvalue weighted by molar-refractivity contribution is 0.0549. The molecular formula is C17H14BrClO3. The maximum Gasteiger partial charge on any atom is 0.338 e. The zero-order valence-electron chi connectivity index (χ0n) is 11.7. The summed E-state index contributed by atoms with van der Waals surface area (Å²) in [7, 11) is 0. The van der Waals surface area contributed by atoms with E-state index in [0.717, 1.165) is 10.0 Å². The first-order chi connectivity index (χ1) is 10.6. The number of carbonyl (C=O) groups is 1. The first kappa shape index (κ1) is 16.6. The molecule has 0 fully saturated rings. The fraction of sp³-hybridized carbons (Fsp3) is 0.118. The van der Waals surface area contributed by atoms with Crippen molar-refractivity contribution in [2.24, 2.45) is 0 Å². The van der Waals surface area contributed by atoms with Crippen molar-refractivity contribution in [1.82, 2.24) is 0 Å². The van der Waals surface area contributed by atoms with Crippen LogP contribution in [0.25, 0.3) is 0 Å². The average molecular weight is 382 g/mol. The Hall–Kier alpha value is -1.78. The molecule has 0 spiro atoms. The van der Waals surface area contributed by atoms with Crippen molar-refractivity contribution in [1.29, 1.82) is 0 Å². The summed E-state index contributed by atoms with van der Waals surface area (Å²) in [5.74, 6) is 0.0751. The Labute approximate surface area is 142 Å². The lowest BCUT2D eigenvalue weighted by Gasteiger charge is -2.09. The van der Waals surface area contributed by atoms with Crippen molar-refractivity contribution >= 4 is 33.5 Å². The molecule has 0 unspecified atom stereocenters. The van der Waals surface area contributed by atoms with Crippen molar-refractivity contribution < 1.29 is 14.3 Å². The minimum absolute atomic E-state index is 0.165. The van der Waals surface area contributed by atoms with Gasteiger partial charge in [-0.25, -0.2) is 4.79 Å². The van der Waals surface area contributed by atoms with Crippen LogP contribution in [0.4, 0.5) is 0 Å². The highest BCUT2D eigenvalue weighted by Crippen LogP contribution is 2.26. The lowest BCUT2D eigenvalue weighted by Crippen LogP contribution is -2.05. The SMILES string of the molecule is C=CCOC(=O)c1ccc(OCc2ccc(Br)cc2)c(Cl)c1. The van der Waals surface area contributed by atoms with Gasteiger partial charge >= 0.3 is 5.97 Å². The molecule has 0 bridgehead atoms. The van der Waals surface area contributed by atoms with Crippen LogP contribution in [0.3, 0.4) is 0 Å². The molecule has 0 atom stereocenters. The number of ether oxygens (including phenoxy) is 2. The quantitative estimate of drug-likeness (QED) is 0.520. The first-order valence-corrected chi connectivity index (χ1v) is 7.72. The molecule has 2 aromatic rings. The van der Waals surface area contributed by atoms with Crippen molar-refractivity contribution in [3.63, 3.8) is 0 Å². The first-order valence-electron chi connectivity index (χ1n) is 6.55. The van der Waals surface area contributed by atoms with E-state index >= 15 is 0 Å². The molecule has 0 saturated carbocycles. The van der Waals surface area contributed by atoms with Gasteiger partial charge in [-0.05, 0) is 35.9 Å². The van der Waals surface area contributed by atoms with Crippen LogP contribution in [0.2, 0.25) is 5.02 Å². The number of carbonyl (C=O) groups excluding carboxylic acids is 1. The van der Waals surface area contributed by atoms with E-state index in [-0.39, 0.29) is 6.61 Å². The second kappa shape index (κ2) is 8.01. The molecule has 0 aliphatic rings. The van der Waals surface area contributed by atoms with E-state index in [0.29, 0.717) is 22.9 Å². The Morgan fingerprint density at radius 3 is 2.59 bits per heavy atom. The van der Waals surface area contributed by atoms with Crippen molar-refractivity contribution in [3.05, 3.63) is 75.7 Å². The van der Waals surface area contributed by atoms with E-state index in [9.17, 15) is 4.79 Å². The Bertz CT molecular complexity index is 668. The Morgan fingerprint density at radius 1 is 1.23 bits per heavy atom. The fourth-order valence-electron chi connectivity index (χ4n) is 1.70. The van der Waals surface area contributed by atoms with Crippen LogP contribution < -0.4 is 4.74 Å². The van der Waals surface area contributed by atoms with E-state index in [1.54, 1.807) is 12.1 Å². The van der Waals surface area contributed by atoms with Crippen LogP contribution in [0, 0.1) is 0 Å². The highest BCUT2D eigenvalue weighted by molar-refractivity contribution is 9.10. The monoisotopic (exact) mass is 380 g/mol. The lowest BCUT2D eigenvalue weighted by atomic mass is 10.2. The van der Waals surface area contributed by atoms with Crippen molar-refractivity contribution in [3.8, 4) is 5.75 Å². The van der Waals surface area contributed by atoms with Crippen molar-refractivity contribution in [2.45, 2.75) is 6.61 Å². The largest absolute Gasteiger partial charge is 0.487 e. The number of halogens is 2. The summed E-state index contributed by atoms with van der Waals surface area (Å²) in [6.07, 6.45) is 1.51. The Morgan fingerprint density at radius 2 is 1.95 bits per heavy atom. The molecule has 0 amide bonds. The van der Waals surface area contributed by atoms with Gasteiger partial charge in [0.2, 0.25) is 0 Å². The molecule has 2 rings (SSSR count). The average Bonchev–Trinajstić information content (AvgIpc) is 2.53. The number of hydrogen-bond acceptors (Lipinski definition) is 3. The highest BCUT2D eigenvalue weighted by Gasteiger charge is 2.10. The Kier molecular flexibility index (Phi) is 6.04. The van der Waals surface area contributed by atoms with Crippen LogP contribution >= 0.6 is 27.5 Å². The van der Waals surface area contributed by atoms with E-state index in [2.05, 4.69) is 22.5 Å². The highest BCUT2D eigenvalue weighted by atomic mass is 79.9. The van der Waals surface area contributed by atoms with E-state index in [1.807, 2.05) is 24.3 Å². The molecule has 5 heteroatoms. The summed E-state index contributed by atoms with van der Waals surface area (Å²) in [4.78, 5) is 11.7. The molecule has 0 heterocycles. The van der Waals surface area contributed by atoms with Gasteiger partial charge in [0, 0.05) is 4.47 Å². The van der Waals surface area contributed by atoms with E-state index in [4.69, 9.17) is 21.1 Å². The summed E-state index contributed by atoms with van der Waals surface area (Å²) in [5.41, 5.74) is 1.40. The zero-order valence-corrected chi connectivity index (χ0v) is 14.1. The van der Waals surface area contributed by atoms with Gasteiger partial charge in [-0.15, -0.1) is 0 Å². The normalized spacial score (nSPS) is 10.1. The Balaban J connectivity index is 2.01. The van der Waals surface area contributed by atoms with Gasteiger partial charge < -0.3 is 9.47 Å². The summed E-state index contributed by atoms with van der Waals surface area (Å²) < 4.78 is 11.6. The number of rotatable bonds is 6. The fourth-order valence-corrected chi connectivity index (χ4v) is 2.20. The van der Waals surface area contributed by atoms with Crippen LogP contribution in [-0.2, 0) is 11.3 Å². The molecule has 0 aliphatic heterocycles. The van der Waals surface area contributed by atoms with Crippen LogP contribution in [0.15, 0.2) is 59.6 Å². The van der Waals surface area contributed by atoms with Gasteiger partial charge in [0.15, 0.2) is 0 Å². The molecular weight excluding hydrogens is 368 g/mol. The predicted octanol–water partition coefficient (Wildman–Crippen LogP) is 5.02. The third kappa shape index (κ3) is 4.61. The molecule has 22 heavy (non-hydrogen) atoms. The molecule has 0 aliphatic carbocycles. The van der Waals surface area contributed by atoms with E-state index < -0.39 is 5.97 Å². The topological polar surface area (TPSA) is 35.5 Å². The van der Waals surface area contributed by atoms with Crippen LogP contribution in [-0.4, -0.2) is 12.6 Å². The minimum atomic E-state index is -0.443. The predicted molar refractivity (Wildman–Crippen MR) is 90.4 cm³/mol. The second-order valence-electron chi connectivity index (χ2n) is 4.45. The molecule has 0 radical (unpaired) electrons. The molecule has 114 valence electrons. The second-order valence-corrected chi connectivity index (χ2v) is 5.77. The van der Waals surface area contributed by atoms with Crippen LogP contribution in [0.5, 0.6) is 5.75 Å². The van der Waals surface area contributed by atoms with E-state index in [1.165, 1.54) is 12.1 Å². The van der Waals surface area contributed by atoms with Gasteiger partial charge in [0.05, 0.1) is 10.6 Å². The molecule has 0 saturated heterocycles. The third-order valence-electron chi connectivity index (χ3n) is 2.81. The maximum absolute atomic E-state index is 11.7. The molecule has 0 aromatic heterocycles. The van der Waals surface area contributed by atoms with Crippen LogP contribution in [0.1, 0.15) is 15.9 Å². The number of hydrogen-bond donors (Lipinski definition) is 0. The van der Waals surface area contributed by atoms with Gasteiger partial charge in [-0.3, -0.25) is 0 Å². The third-order valence-corrected chi connectivity index (χ3v) is 3.63. The van der Waals surface area contributed by atoms with Gasteiger partial charge in [-0.2, -0.15) is 0 Å². The molecule has 2 aromatic carbocycles. The standard InChI is InChI=1S/C17H14BrClO3/c1-2-9-21-17(20)13-5-8-16(15(19)10-13)22-11-12-3-6-14(18)7-4-12/h2-8,10H,1,9,11H2. The summed E-state index contributed by atoms with van der Waals surface area (Å²) in [6, 6.07) is 12.6. The maximum atomic E-state index is 11.7. The van der Waals surface area contributed by atoms with Gasteiger partial charge in [0.25, 0.3) is 0 Å². The summed E-state index contributed by atoms with van der Waals surface area (Å²) in [5, 5.41) is 0.366. The molecule has 0 N–H and O–H groups in total. The van der Waals surface area contributed by atoms with Crippen molar-refractivity contribution in [2.75, 3.05) is 6.61 Å². The zero-order chi connectivity index (χ0) is 15.9. The van der Waals surface area contributed by atoms with Gasteiger partial charge in [0.1, 0.15) is 19.0 Å². The summed E-state index contributed by atoms with van der Waals surface area (Å²) in [6.45, 7) is 4.05. The summed E-state index contributed by atoms with van der Waals surface area (Å²) >= 11 is 9.52. The number of esters is 1. The smallest absolute Gasteiger partial charge is 0.338 e. The molecule has 3 nitrogen and oxygen atoms in total. The minimum Gasteiger partial charge on any atom is -0.487 e. The van der Waals surface area contributed by atoms with Gasteiger partial charge in [-0.1, -0.05) is 52.3 Å².